The highest BCUT2D eigenvalue weighted by molar-refractivity contribution is 7.25. The molecule has 0 saturated carbocycles. The molecule has 3 aromatic carbocycles. The molecule has 39 heavy (non-hydrogen) atoms. The van der Waals surface area contributed by atoms with E-state index >= 15 is 0 Å². The first-order valence-electron chi connectivity index (χ1n) is 15.5. The maximum absolute atomic E-state index is 9.69. The Balaban J connectivity index is 1.80. The van der Waals surface area contributed by atoms with Crippen LogP contribution in [0.5, 0.6) is 5.75 Å². The van der Waals surface area contributed by atoms with Crippen molar-refractivity contribution in [1.29, 1.82) is 0 Å². The van der Waals surface area contributed by atoms with E-state index in [0.717, 1.165) is 24.2 Å². The summed E-state index contributed by atoms with van der Waals surface area (Å²) >= 11 is 0. The van der Waals surface area contributed by atoms with Crippen molar-refractivity contribution < 1.29 is 9.42 Å². The minimum absolute atomic E-state index is 0.581. The molecule has 3 aromatic rings. The second-order valence-electron chi connectivity index (χ2n) is 11.2. The van der Waals surface area contributed by atoms with E-state index in [2.05, 4.69) is 70.2 Å². The minimum Gasteiger partial charge on any atom is -0.449 e. The van der Waals surface area contributed by atoms with Crippen molar-refractivity contribution in [3.8, 4) is 28.0 Å². The number of hydrogen-bond acceptors (Lipinski definition) is 2. The molecule has 0 spiro atoms. The molecule has 1 atom stereocenters. The van der Waals surface area contributed by atoms with Crippen LogP contribution in [0.1, 0.15) is 113 Å². The van der Waals surface area contributed by atoms with E-state index in [4.69, 9.17) is 4.52 Å². The van der Waals surface area contributed by atoms with Gasteiger partial charge in [-0.15, -0.1) is 0 Å². The highest BCUT2D eigenvalue weighted by Crippen LogP contribution is 2.43. The van der Waals surface area contributed by atoms with Crippen LogP contribution in [0.3, 0.4) is 0 Å². The van der Waals surface area contributed by atoms with Crippen LogP contribution in [0, 0.1) is 13.8 Å². The van der Waals surface area contributed by atoms with Gasteiger partial charge in [0.25, 0.3) is 0 Å². The summed E-state index contributed by atoms with van der Waals surface area (Å²) in [6.07, 6.45) is 18.2. The smallest absolute Gasteiger partial charge is 0.212 e. The first kappa shape index (κ1) is 31.4. The van der Waals surface area contributed by atoms with Gasteiger partial charge in [-0.05, 0) is 84.5 Å². The Morgan fingerprint density at radius 2 is 1.10 bits per heavy atom. The molecular formula is C36H51O2P. The van der Waals surface area contributed by atoms with Gasteiger partial charge in [-0.1, -0.05) is 127 Å². The van der Waals surface area contributed by atoms with Gasteiger partial charge in [0.15, 0.2) is 0 Å². The van der Waals surface area contributed by atoms with Crippen molar-refractivity contribution in [3.05, 3.63) is 76.9 Å². The SMILES string of the molecule is CCCCCCCCc1ccc(-c2cccc(OPO)c2-c2ccc(CCCCCCCC)cc2C)c(C)c1. The molecule has 212 valence electrons. The first-order chi connectivity index (χ1) is 19.1. The largest absolute Gasteiger partial charge is 0.449 e. The van der Waals surface area contributed by atoms with Gasteiger partial charge in [0.1, 0.15) is 5.75 Å². The molecular weight excluding hydrogens is 495 g/mol. The maximum Gasteiger partial charge on any atom is 0.212 e. The second-order valence-corrected chi connectivity index (χ2v) is 11.6. The zero-order valence-electron chi connectivity index (χ0n) is 25.0. The minimum atomic E-state index is -0.581. The lowest BCUT2D eigenvalue weighted by molar-refractivity contribution is 0.515. The predicted octanol–water partition coefficient (Wildman–Crippen LogP) is 11.3. The lowest BCUT2D eigenvalue weighted by Gasteiger charge is -2.19. The summed E-state index contributed by atoms with van der Waals surface area (Å²) in [6.45, 7) is 8.98. The standard InChI is InChI=1S/C36H51O2P/c1-5-7-9-11-13-15-18-30-22-24-32(28(3)26-30)34-20-17-21-35(38-39-37)36(34)33-25-23-31(27-29(33)4)19-16-14-12-10-8-6-2/h17,20-27,37,39H,5-16,18-19H2,1-4H3. The summed E-state index contributed by atoms with van der Waals surface area (Å²) in [7, 11) is -0.581. The van der Waals surface area contributed by atoms with Gasteiger partial charge in [0.2, 0.25) is 9.03 Å². The lowest BCUT2D eigenvalue weighted by atomic mass is 9.88. The van der Waals surface area contributed by atoms with E-state index in [-0.39, 0.29) is 0 Å². The van der Waals surface area contributed by atoms with E-state index in [9.17, 15) is 4.89 Å². The molecule has 0 radical (unpaired) electrons. The van der Waals surface area contributed by atoms with E-state index in [1.807, 2.05) is 12.1 Å². The monoisotopic (exact) mass is 546 g/mol. The molecule has 0 aliphatic carbocycles. The molecule has 2 nitrogen and oxygen atoms in total. The maximum atomic E-state index is 9.69. The average Bonchev–Trinajstić information content (AvgIpc) is 2.93. The van der Waals surface area contributed by atoms with Crippen LogP contribution in [-0.4, -0.2) is 4.89 Å². The third kappa shape index (κ3) is 9.77. The molecule has 0 aliphatic heterocycles. The summed E-state index contributed by atoms with van der Waals surface area (Å²) in [5.41, 5.74) is 10.0. The topological polar surface area (TPSA) is 29.5 Å². The number of unbranched alkanes of at least 4 members (excludes halogenated alkanes) is 10. The summed E-state index contributed by atoms with van der Waals surface area (Å²) < 4.78 is 5.79. The number of hydrogen-bond donors (Lipinski definition) is 1. The third-order valence-corrected chi connectivity index (χ3v) is 8.27. The highest BCUT2D eigenvalue weighted by atomic mass is 31.1. The fourth-order valence-corrected chi connectivity index (χ4v) is 6.00. The fraction of sp³-hybridized carbons (Fsp3) is 0.500. The Hall–Kier alpha value is -2.15. The van der Waals surface area contributed by atoms with Gasteiger partial charge < -0.3 is 9.42 Å². The van der Waals surface area contributed by atoms with Crippen molar-refractivity contribution >= 4 is 9.03 Å². The lowest BCUT2D eigenvalue weighted by Crippen LogP contribution is -1.96. The summed E-state index contributed by atoms with van der Waals surface area (Å²) in [4.78, 5) is 9.69. The van der Waals surface area contributed by atoms with Crippen LogP contribution in [-0.2, 0) is 12.8 Å². The van der Waals surface area contributed by atoms with Crippen LogP contribution in [0.4, 0.5) is 0 Å². The van der Waals surface area contributed by atoms with Gasteiger partial charge in [-0.25, -0.2) is 0 Å². The summed E-state index contributed by atoms with van der Waals surface area (Å²) in [6, 6.07) is 20.1. The van der Waals surface area contributed by atoms with Gasteiger partial charge in [0, 0.05) is 5.56 Å². The Morgan fingerprint density at radius 1 is 0.590 bits per heavy atom. The summed E-state index contributed by atoms with van der Waals surface area (Å²) in [5, 5.41) is 0. The Morgan fingerprint density at radius 3 is 1.62 bits per heavy atom. The zero-order valence-corrected chi connectivity index (χ0v) is 26.0. The molecule has 0 bridgehead atoms. The molecule has 0 aliphatic rings. The number of rotatable bonds is 18. The van der Waals surface area contributed by atoms with E-state index < -0.39 is 9.03 Å². The molecule has 1 N–H and O–H groups in total. The Labute approximate surface area is 240 Å². The van der Waals surface area contributed by atoms with E-state index in [0.29, 0.717) is 0 Å². The predicted molar refractivity (Wildman–Crippen MR) is 172 cm³/mol. The van der Waals surface area contributed by atoms with Crippen molar-refractivity contribution in [2.24, 2.45) is 0 Å². The molecule has 0 heterocycles. The molecule has 0 saturated heterocycles. The van der Waals surface area contributed by atoms with Crippen molar-refractivity contribution in [2.75, 3.05) is 0 Å². The fourth-order valence-electron chi connectivity index (χ4n) is 5.73. The number of aryl methyl sites for hydroxylation is 4. The van der Waals surface area contributed by atoms with E-state index in [1.165, 1.54) is 116 Å². The molecule has 3 heteroatoms. The second kappa shape index (κ2) is 17.5. The zero-order chi connectivity index (χ0) is 27.9. The van der Waals surface area contributed by atoms with Crippen LogP contribution < -0.4 is 4.52 Å². The quantitative estimate of drug-likeness (QED) is 0.127. The third-order valence-electron chi connectivity index (χ3n) is 7.96. The molecule has 1 unspecified atom stereocenters. The Bertz CT molecular complexity index is 1140. The van der Waals surface area contributed by atoms with Crippen LogP contribution in [0.2, 0.25) is 0 Å². The van der Waals surface area contributed by atoms with Crippen molar-refractivity contribution in [3.63, 3.8) is 0 Å². The average molecular weight is 547 g/mol. The first-order valence-corrected chi connectivity index (χ1v) is 16.3. The highest BCUT2D eigenvalue weighted by Gasteiger charge is 2.17. The van der Waals surface area contributed by atoms with Gasteiger partial charge in [-0.2, -0.15) is 0 Å². The molecule has 0 amide bonds. The van der Waals surface area contributed by atoms with Gasteiger partial charge >= 0.3 is 0 Å². The summed E-state index contributed by atoms with van der Waals surface area (Å²) in [5.74, 6) is 0.746. The van der Waals surface area contributed by atoms with E-state index in [1.54, 1.807) is 0 Å². The van der Waals surface area contributed by atoms with Crippen molar-refractivity contribution in [2.45, 2.75) is 118 Å². The number of benzene rings is 3. The molecule has 0 aromatic heterocycles. The van der Waals surface area contributed by atoms with Crippen LogP contribution in [0.15, 0.2) is 54.6 Å². The molecule has 3 rings (SSSR count). The van der Waals surface area contributed by atoms with Gasteiger partial charge in [-0.3, -0.25) is 0 Å². The normalized spacial score (nSPS) is 11.5. The van der Waals surface area contributed by atoms with Crippen LogP contribution >= 0.6 is 9.03 Å². The van der Waals surface area contributed by atoms with Gasteiger partial charge in [0.05, 0.1) is 0 Å². The van der Waals surface area contributed by atoms with Crippen LogP contribution in [0.25, 0.3) is 22.3 Å². The Kier molecular flexibility index (Phi) is 14.1. The van der Waals surface area contributed by atoms with Crippen molar-refractivity contribution in [1.82, 2.24) is 0 Å². The molecule has 0 fully saturated rings.